The van der Waals surface area contributed by atoms with Gasteiger partial charge in [0.15, 0.2) is 5.11 Å². The van der Waals surface area contributed by atoms with Crippen LogP contribution < -0.4 is 16.6 Å². The third-order valence-corrected chi connectivity index (χ3v) is 0.951. The van der Waals surface area contributed by atoms with Crippen LogP contribution in [-0.4, -0.2) is 22.9 Å². The molecule has 0 aromatic rings. The number of hydrazine groups is 1. The minimum atomic E-state index is -0.406. The average molecular weight is 149 g/mol. The Morgan fingerprint density at radius 3 is 2.78 bits per heavy atom. The molecule has 0 aromatic carbocycles. The summed E-state index contributed by atoms with van der Waals surface area (Å²) < 4.78 is 0. The summed E-state index contributed by atoms with van der Waals surface area (Å²) in [5, 5.41) is 11.7. The molecule has 5 heteroatoms. The highest BCUT2D eigenvalue weighted by atomic mass is 32.1. The first-order valence-corrected chi connectivity index (χ1v) is 3.00. The molecular weight excluding hydrogens is 138 g/mol. The molecule has 5 N–H and O–H groups in total. The molecule has 9 heavy (non-hydrogen) atoms. The molecular formula is C4H11N3OS. The van der Waals surface area contributed by atoms with Gasteiger partial charge < -0.3 is 15.8 Å². The molecule has 0 aliphatic rings. The van der Waals surface area contributed by atoms with Crippen molar-refractivity contribution in [3.63, 3.8) is 0 Å². The van der Waals surface area contributed by atoms with Crippen LogP contribution in [-0.2, 0) is 0 Å². The van der Waals surface area contributed by atoms with Crippen molar-refractivity contribution in [2.45, 2.75) is 13.0 Å². The third kappa shape index (κ3) is 5.48. The van der Waals surface area contributed by atoms with Crippen molar-refractivity contribution in [1.29, 1.82) is 0 Å². The zero-order valence-corrected chi connectivity index (χ0v) is 6.03. The molecule has 0 heterocycles. The summed E-state index contributed by atoms with van der Waals surface area (Å²) in [5.41, 5.74) is 2.23. The predicted molar refractivity (Wildman–Crippen MR) is 39.6 cm³/mol. The van der Waals surface area contributed by atoms with Crippen LogP contribution in [0.5, 0.6) is 0 Å². The first-order valence-electron chi connectivity index (χ1n) is 2.59. The number of aliphatic hydroxyl groups is 1. The summed E-state index contributed by atoms with van der Waals surface area (Å²) in [5.74, 6) is 4.92. The number of aliphatic hydroxyl groups excluding tert-OH is 1. The molecule has 0 saturated heterocycles. The molecule has 4 nitrogen and oxygen atoms in total. The minimum absolute atomic E-state index is 0.343. The Labute approximate surface area is 59.4 Å². The van der Waals surface area contributed by atoms with Crippen molar-refractivity contribution in [3.05, 3.63) is 0 Å². The van der Waals surface area contributed by atoms with E-state index in [9.17, 15) is 0 Å². The van der Waals surface area contributed by atoms with E-state index < -0.39 is 6.10 Å². The smallest absolute Gasteiger partial charge is 0.180 e. The van der Waals surface area contributed by atoms with Crippen LogP contribution in [0.4, 0.5) is 0 Å². The van der Waals surface area contributed by atoms with Crippen LogP contribution in [0.15, 0.2) is 0 Å². The number of nitrogens with one attached hydrogen (secondary N) is 2. The highest BCUT2D eigenvalue weighted by molar-refractivity contribution is 7.80. The van der Waals surface area contributed by atoms with Crippen molar-refractivity contribution in [3.8, 4) is 0 Å². The highest BCUT2D eigenvalue weighted by Crippen LogP contribution is 1.73. The SMILES string of the molecule is CC(O)CNC(=S)NN. The van der Waals surface area contributed by atoms with Crippen molar-refractivity contribution < 1.29 is 5.11 Å². The van der Waals surface area contributed by atoms with Gasteiger partial charge in [-0.2, -0.15) is 0 Å². The molecule has 0 spiro atoms. The lowest BCUT2D eigenvalue weighted by molar-refractivity contribution is 0.198. The van der Waals surface area contributed by atoms with Crippen LogP contribution in [0.25, 0.3) is 0 Å². The summed E-state index contributed by atoms with van der Waals surface area (Å²) in [4.78, 5) is 0. The Balaban J connectivity index is 3.17. The average Bonchev–Trinajstić information content (AvgIpc) is 1.83. The second-order valence-corrected chi connectivity index (χ2v) is 2.11. The summed E-state index contributed by atoms with van der Waals surface area (Å²) in [6.07, 6.45) is -0.406. The van der Waals surface area contributed by atoms with Gasteiger partial charge >= 0.3 is 0 Å². The van der Waals surface area contributed by atoms with Gasteiger partial charge in [-0.1, -0.05) is 0 Å². The fraction of sp³-hybridized carbons (Fsp3) is 0.750. The van der Waals surface area contributed by atoms with Gasteiger partial charge in [-0.15, -0.1) is 0 Å². The molecule has 0 saturated carbocycles. The van der Waals surface area contributed by atoms with E-state index in [1.54, 1.807) is 6.92 Å². The molecule has 1 atom stereocenters. The summed E-state index contributed by atoms with van der Waals surface area (Å²) >= 11 is 4.62. The minimum Gasteiger partial charge on any atom is -0.392 e. The standard InChI is InChI=1S/C4H11N3OS/c1-3(8)2-6-4(9)7-5/h3,8H,2,5H2,1H3,(H2,6,7,9). The van der Waals surface area contributed by atoms with Crippen molar-refractivity contribution in [1.82, 2.24) is 10.7 Å². The normalized spacial score (nSPS) is 12.3. The van der Waals surface area contributed by atoms with Crippen LogP contribution in [0.1, 0.15) is 6.92 Å². The van der Waals surface area contributed by atoms with Crippen molar-refractivity contribution in [2.75, 3.05) is 6.54 Å². The topological polar surface area (TPSA) is 70.3 Å². The highest BCUT2D eigenvalue weighted by Gasteiger charge is 1.94. The quantitative estimate of drug-likeness (QED) is 0.223. The molecule has 0 fully saturated rings. The summed E-state index contributed by atoms with van der Waals surface area (Å²) in [6, 6.07) is 0. The van der Waals surface area contributed by atoms with Gasteiger partial charge in [0.1, 0.15) is 0 Å². The first kappa shape index (κ1) is 8.61. The third-order valence-electron chi connectivity index (χ3n) is 0.689. The second kappa shape index (κ2) is 4.49. The van der Waals surface area contributed by atoms with Gasteiger partial charge in [0.05, 0.1) is 6.10 Å². The number of hydrogen-bond acceptors (Lipinski definition) is 3. The van der Waals surface area contributed by atoms with E-state index in [-0.39, 0.29) is 0 Å². The van der Waals surface area contributed by atoms with Crippen molar-refractivity contribution in [2.24, 2.45) is 5.84 Å². The molecule has 54 valence electrons. The van der Waals surface area contributed by atoms with Crippen LogP contribution in [0, 0.1) is 0 Å². The number of hydrogen-bond donors (Lipinski definition) is 4. The predicted octanol–water partition coefficient (Wildman–Crippen LogP) is -1.29. The lowest BCUT2D eigenvalue weighted by Gasteiger charge is -2.07. The molecule has 0 radical (unpaired) electrons. The van der Waals surface area contributed by atoms with E-state index in [0.29, 0.717) is 11.7 Å². The Morgan fingerprint density at radius 1 is 1.89 bits per heavy atom. The van der Waals surface area contributed by atoms with Gasteiger partial charge in [-0.05, 0) is 19.1 Å². The number of nitrogens with two attached hydrogens (primary N) is 1. The molecule has 0 aromatic heterocycles. The molecule has 0 aliphatic heterocycles. The maximum absolute atomic E-state index is 8.71. The van der Waals surface area contributed by atoms with Gasteiger partial charge in [-0.25, -0.2) is 5.84 Å². The van der Waals surface area contributed by atoms with E-state index in [2.05, 4.69) is 23.0 Å². The number of thiocarbonyl (C=S) groups is 1. The Bertz CT molecular complexity index is 95.8. The first-order chi connectivity index (χ1) is 4.16. The largest absolute Gasteiger partial charge is 0.392 e. The van der Waals surface area contributed by atoms with E-state index >= 15 is 0 Å². The van der Waals surface area contributed by atoms with Crippen LogP contribution in [0.2, 0.25) is 0 Å². The fourth-order valence-corrected chi connectivity index (χ4v) is 0.375. The monoisotopic (exact) mass is 149 g/mol. The zero-order chi connectivity index (χ0) is 7.28. The van der Waals surface area contributed by atoms with E-state index in [1.165, 1.54) is 0 Å². The van der Waals surface area contributed by atoms with Gasteiger partial charge in [0.25, 0.3) is 0 Å². The second-order valence-electron chi connectivity index (χ2n) is 1.70. The number of rotatable bonds is 2. The maximum atomic E-state index is 8.71. The summed E-state index contributed by atoms with van der Waals surface area (Å²) in [6.45, 7) is 2.08. The van der Waals surface area contributed by atoms with E-state index in [4.69, 9.17) is 10.9 Å². The lowest BCUT2D eigenvalue weighted by Crippen LogP contribution is -2.42. The summed E-state index contributed by atoms with van der Waals surface area (Å²) in [7, 11) is 0. The van der Waals surface area contributed by atoms with Gasteiger partial charge in [0, 0.05) is 6.54 Å². The fourth-order valence-electron chi connectivity index (χ4n) is 0.291. The molecule has 0 bridgehead atoms. The van der Waals surface area contributed by atoms with Gasteiger partial charge in [0.2, 0.25) is 0 Å². The van der Waals surface area contributed by atoms with E-state index in [1.807, 2.05) is 0 Å². The van der Waals surface area contributed by atoms with Crippen LogP contribution in [0.3, 0.4) is 0 Å². The molecule has 0 aliphatic carbocycles. The Hall–Kier alpha value is -0.390. The maximum Gasteiger partial charge on any atom is 0.180 e. The Kier molecular flexibility index (Phi) is 4.29. The molecule has 0 rings (SSSR count). The van der Waals surface area contributed by atoms with E-state index in [0.717, 1.165) is 0 Å². The van der Waals surface area contributed by atoms with Crippen LogP contribution >= 0.6 is 12.2 Å². The van der Waals surface area contributed by atoms with Gasteiger partial charge in [-0.3, -0.25) is 0 Å². The van der Waals surface area contributed by atoms with Crippen molar-refractivity contribution >= 4 is 17.3 Å². The zero-order valence-electron chi connectivity index (χ0n) is 5.22. The molecule has 1 unspecified atom stereocenters. The Morgan fingerprint density at radius 2 is 2.44 bits per heavy atom. The lowest BCUT2D eigenvalue weighted by atomic mass is 10.4. The molecule has 0 amide bonds.